The van der Waals surface area contributed by atoms with Crippen LogP contribution in [-0.4, -0.2) is 31.4 Å². The van der Waals surface area contributed by atoms with Crippen LogP contribution in [0, 0.1) is 18.6 Å². The third-order valence-electron chi connectivity index (χ3n) is 3.72. The summed E-state index contributed by atoms with van der Waals surface area (Å²) >= 11 is 5.18. The van der Waals surface area contributed by atoms with Gasteiger partial charge in [-0.25, -0.2) is 0 Å². The average molecular weight is 335 g/mol. The number of aromatic nitrogens is 4. The van der Waals surface area contributed by atoms with E-state index in [1.807, 2.05) is 18.4 Å². The molecule has 0 fully saturated rings. The smallest absolute Gasteiger partial charge is 0.268 e. The molecule has 0 bridgehead atoms. The average Bonchev–Trinajstić information content (AvgIpc) is 2.96. The summed E-state index contributed by atoms with van der Waals surface area (Å²) in [6.07, 6.45) is 0. The van der Waals surface area contributed by atoms with E-state index in [1.165, 1.54) is 6.92 Å². The number of hydrogen-bond acceptors (Lipinski definition) is 4. The molecular formula is C15H21N5O2S. The van der Waals surface area contributed by atoms with E-state index in [-0.39, 0.29) is 24.3 Å². The van der Waals surface area contributed by atoms with E-state index in [2.05, 4.69) is 20.5 Å². The maximum atomic E-state index is 12.4. The minimum atomic E-state index is -0.276. The molecule has 124 valence electrons. The number of rotatable bonds is 5. The van der Waals surface area contributed by atoms with Gasteiger partial charge in [-0.2, -0.15) is 5.10 Å². The molecule has 2 heterocycles. The number of H-pyrrole nitrogens is 2. The Hall–Kier alpha value is -2.22. The zero-order valence-corrected chi connectivity index (χ0v) is 14.7. The van der Waals surface area contributed by atoms with Crippen LogP contribution in [0.25, 0.3) is 0 Å². The molecule has 0 atom stereocenters. The predicted molar refractivity (Wildman–Crippen MR) is 89.2 cm³/mol. The van der Waals surface area contributed by atoms with Gasteiger partial charge in [0.1, 0.15) is 5.69 Å². The van der Waals surface area contributed by atoms with E-state index in [1.54, 1.807) is 13.8 Å². The van der Waals surface area contributed by atoms with E-state index >= 15 is 0 Å². The summed E-state index contributed by atoms with van der Waals surface area (Å²) in [7, 11) is 0. The highest BCUT2D eigenvalue weighted by Crippen LogP contribution is 2.18. The summed E-state index contributed by atoms with van der Waals surface area (Å²) in [6.45, 7) is 9.27. The fraction of sp³-hybridized carbons (Fsp3) is 0.467. The molecule has 2 aromatic rings. The van der Waals surface area contributed by atoms with Gasteiger partial charge in [-0.15, -0.1) is 0 Å². The number of nitrogens with one attached hydrogen (secondary N) is 3. The van der Waals surface area contributed by atoms with Crippen LogP contribution in [0.1, 0.15) is 64.7 Å². The number of Topliss-reactive ketones (excluding diaryl/α,β-unsaturated/α-hetero) is 1. The molecule has 23 heavy (non-hydrogen) atoms. The number of amides is 1. The van der Waals surface area contributed by atoms with Gasteiger partial charge in [-0.3, -0.25) is 14.7 Å². The van der Waals surface area contributed by atoms with Gasteiger partial charge in [-0.1, -0.05) is 0 Å². The first-order valence-electron chi connectivity index (χ1n) is 7.38. The van der Waals surface area contributed by atoms with Crippen LogP contribution in [-0.2, 0) is 6.54 Å². The maximum Gasteiger partial charge on any atom is 0.268 e. The highest BCUT2D eigenvalue weighted by atomic mass is 32.1. The molecule has 7 nitrogen and oxygen atoms in total. The molecule has 2 aromatic heterocycles. The largest absolute Gasteiger partial charge is 0.354 e. The lowest BCUT2D eigenvalue weighted by molar-refractivity contribution is 0.0944. The molecule has 0 spiro atoms. The zero-order chi connectivity index (χ0) is 17.3. The number of hydrogen-bond donors (Lipinski definition) is 3. The summed E-state index contributed by atoms with van der Waals surface area (Å²) < 4.78 is 2.37. The van der Waals surface area contributed by atoms with Crippen LogP contribution in [0.2, 0.25) is 0 Å². The maximum absolute atomic E-state index is 12.4. The topological polar surface area (TPSA) is 95.6 Å². The standard InChI is InChI=1S/C15H21N5O2S/c1-7(2)20-11(18-19-15(20)23)6-16-14(22)13-8(3)12(10(5)21)9(4)17-13/h7,17H,6H2,1-5H3,(H,16,22)(H,19,23). The normalized spacial score (nSPS) is 11.0. The lowest BCUT2D eigenvalue weighted by Gasteiger charge is -2.11. The highest BCUT2D eigenvalue weighted by molar-refractivity contribution is 7.71. The first-order chi connectivity index (χ1) is 10.7. The Morgan fingerprint density at radius 3 is 2.52 bits per heavy atom. The number of carbonyl (C=O) groups excluding carboxylic acids is 2. The van der Waals surface area contributed by atoms with E-state index in [0.717, 1.165) is 0 Å². The van der Waals surface area contributed by atoms with E-state index in [0.29, 0.717) is 33.1 Å². The van der Waals surface area contributed by atoms with Crippen LogP contribution in [0.5, 0.6) is 0 Å². The van der Waals surface area contributed by atoms with Gasteiger partial charge >= 0.3 is 0 Å². The van der Waals surface area contributed by atoms with Gasteiger partial charge in [0.05, 0.1) is 6.54 Å². The molecule has 0 aliphatic rings. The Kier molecular flexibility index (Phi) is 4.84. The second-order valence-corrected chi connectivity index (χ2v) is 6.16. The van der Waals surface area contributed by atoms with Crippen LogP contribution < -0.4 is 5.32 Å². The van der Waals surface area contributed by atoms with E-state index in [4.69, 9.17) is 12.2 Å². The molecule has 0 saturated carbocycles. The molecule has 0 saturated heterocycles. The van der Waals surface area contributed by atoms with Gasteiger partial charge < -0.3 is 14.9 Å². The predicted octanol–water partition coefficient (Wildman–Crippen LogP) is 2.60. The molecule has 2 rings (SSSR count). The number of nitrogens with zero attached hydrogens (tertiary/aromatic N) is 2. The first-order valence-corrected chi connectivity index (χ1v) is 7.79. The lowest BCUT2D eigenvalue weighted by Crippen LogP contribution is -2.26. The minimum absolute atomic E-state index is 0.0593. The van der Waals surface area contributed by atoms with Crippen molar-refractivity contribution < 1.29 is 9.59 Å². The summed E-state index contributed by atoms with van der Waals surface area (Å²) in [6, 6.07) is 0.145. The number of ketones is 1. The van der Waals surface area contributed by atoms with Crippen molar-refractivity contribution in [3.63, 3.8) is 0 Å². The third-order valence-corrected chi connectivity index (χ3v) is 4.01. The quantitative estimate of drug-likeness (QED) is 0.578. The minimum Gasteiger partial charge on any atom is -0.354 e. The third kappa shape index (κ3) is 3.26. The van der Waals surface area contributed by atoms with Gasteiger partial charge in [0.25, 0.3) is 5.91 Å². The first kappa shape index (κ1) is 17.1. The van der Waals surface area contributed by atoms with Crippen molar-refractivity contribution in [3.8, 4) is 0 Å². The van der Waals surface area contributed by atoms with Crippen molar-refractivity contribution in [3.05, 3.63) is 33.1 Å². The van der Waals surface area contributed by atoms with Crippen LogP contribution in [0.3, 0.4) is 0 Å². The molecule has 8 heteroatoms. The van der Waals surface area contributed by atoms with E-state index in [9.17, 15) is 9.59 Å². The fourth-order valence-electron chi connectivity index (χ4n) is 2.75. The van der Waals surface area contributed by atoms with Crippen molar-refractivity contribution in [1.82, 2.24) is 25.1 Å². The van der Waals surface area contributed by atoms with Gasteiger partial charge in [-0.05, 0) is 52.4 Å². The van der Waals surface area contributed by atoms with E-state index < -0.39 is 0 Å². The lowest BCUT2D eigenvalue weighted by atomic mass is 10.1. The Labute approximate surface area is 139 Å². The summed E-state index contributed by atoms with van der Waals surface area (Å²) in [5.74, 6) is 0.324. The molecular weight excluding hydrogens is 314 g/mol. The Bertz CT molecular complexity index is 812. The second kappa shape index (κ2) is 6.49. The molecule has 0 aliphatic carbocycles. The Morgan fingerprint density at radius 2 is 2.00 bits per heavy atom. The monoisotopic (exact) mass is 335 g/mol. The Balaban J connectivity index is 2.20. The van der Waals surface area contributed by atoms with Crippen LogP contribution >= 0.6 is 12.2 Å². The van der Waals surface area contributed by atoms with Crippen molar-refractivity contribution in [1.29, 1.82) is 0 Å². The molecule has 3 N–H and O–H groups in total. The van der Waals surface area contributed by atoms with Crippen molar-refractivity contribution in [2.45, 2.75) is 47.2 Å². The molecule has 0 unspecified atom stereocenters. The molecule has 0 aliphatic heterocycles. The van der Waals surface area contributed by atoms with Crippen molar-refractivity contribution >= 4 is 23.9 Å². The Morgan fingerprint density at radius 1 is 1.35 bits per heavy atom. The van der Waals surface area contributed by atoms with Gasteiger partial charge in [0.15, 0.2) is 16.4 Å². The number of aromatic amines is 2. The highest BCUT2D eigenvalue weighted by Gasteiger charge is 2.20. The zero-order valence-electron chi connectivity index (χ0n) is 13.9. The van der Waals surface area contributed by atoms with Crippen molar-refractivity contribution in [2.75, 3.05) is 0 Å². The van der Waals surface area contributed by atoms with Crippen LogP contribution in [0.4, 0.5) is 0 Å². The van der Waals surface area contributed by atoms with Gasteiger partial charge in [0, 0.05) is 17.3 Å². The van der Waals surface area contributed by atoms with Gasteiger partial charge in [0.2, 0.25) is 0 Å². The summed E-state index contributed by atoms with van der Waals surface area (Å²) in [5.41, 5.74) is 2.33. The summed E-state index contributed by atoms with van der Waals surface area (Å²) in [5, 5.41) is 9.69. The fourth-order valence-corrected chi connectivity index (χ4v) is 3.11. The van der Waals surface area contributed by atoms with Crippen molar-refractivity contribution in [2.24, 2.45) is 0 Å². The molecule has 1 amide bonds. The summed E-state index contributed by atoms with van der Waals surface area (Å²) in [4.78, 5) is 27.0. The van der Waals surface area contributed by atoms with Crippen LogP contribution in [0.15, 0.2) is 0 Å². The molecule has 0 aromatic carbocycles. The molecule has 0 radical (unpaired) electrons. The SMILES string of the molecule is CC(=O)c1c(C)[nH]c(C(=O)NCc2n[nH]c(=S)n2C(C)C)c1C. The second-order valence-electron chi connectivity index (χ2n) is 5.77. The number of aryl methyl sites for hydroxylation is 1. The number of carbonyl (C=O) groups is 2.